The van der Waals surface area contributed by atoms with Crippen LogP contribution in [0, 0.1) is 0 Å². The second-order valence-electron chi connectivity index (χ2n) is 2.65. The third-order valence-corrected chi connectivity index (χ3v) is 3.19. The highest BCUT2D eigenvalue weighted by Crippen LogP contribution is 2.36. The van der Waals surface area contributed by atoms with Gasteiger partial charge < -0.3 is 9.47 Å². The molecule has 3 nitrogen and oxygen atoms in total. The molecule has 0 aliphatic carbocycles. The molecule has 2 rings (SSSR count). The topological polar surface area (TPSA) is 31.4 Å². The molecule has 1 aromatic carbocycles. The van der Waals surface area contributed by atoms with Crippen molar-refractivity contribution in [3.05, 3.63) is 12.1 Å². The summed E-state index contributed by atoms with van der Waals surface area (Å²) in [7, 11) is 3.21. The Hall–Kier alpha value is -0.940. The van der Waals surface area contributed by atoms with Crippen molar-refractivity contribution in [2.45, 2.75) is 4.90 Å². The van der Waals surface area contributed by atoms with Gasteiger partial charge in [-0.15, -0.1) is 12.6 Å². The number of thiazole rings is 1. The van der Waals surface area contributed by atoms with E-state index >= 15 is 0 Å². The first kappa shape index (κ1) is 9.61. The van der Waals surface area contributed by atoms with Crippen LogP contribution in [0.25, 0.3) is 10.2 Å². The van der Waals surface area contributed by atoms with Crippen LogP contribution < -0.4 is 9.47 Å². The first-order valence-electron chi connectivity index (χ1n) is 3.96. The van der Waals surface area contributed by atoms with Crippen LogP contribution in [0.3, 0.4) is 0 Å². The molecular weight excluding hydrogens is 218 g/mol. The van der Waals surface area contributed by atoms with Crippen molar-refractivity contribution in [3.63, 3.8) is 0 Å². The second-order valence-corrected chi connectivity index (χ2v) is 4.12. The average Bonchev–Trinajstić information content (AvgIpc) is 2.60. The first-order chi connectivity index (χ1) is 6.76. The van der Waals surface area contributed by atoms with Gasteiger partial charge in [0.1, 0.15) is 5.52 Å². The molecule has 0 spiro atoms. The lowest BCUT2D eigenvalue weighted by molar-refractivity contribution is 0.403. The van der Waals surface area contributed by atoms with Crippen LogP contribution in [0.5, 0.6) is 10.9 Å². The van der Waals surface area contributed by atoms with Crippen molar-refractivity contribution in [2.24, 2.45) is 0 Å². The van der Waals surface area contributed by atoms with Crippen LogP contribution in [-0.4, -0.2) is 19.2 Å². The fourth-order valence-electron chi connectivity index (χ4n) is 1.23. The molecule has 0 saturated heterocycles. The van der Waals surface area contributed by atoms with Gasteiger partial charge in [-0.3, -0.25) is 0 Å². The molecule has 0 amide bonds. The second kappa shape index (κ2) is 3.67. The number of fused-ring (bicyclic) bond motifs is 1. The summed E-state index contributed by atoms with van der Waals surface area (Å²) in [6.45, 7) is 0. The van der Waals surface area contributed by atoms with Gasteiger partial charge in [0, 0.05) is 4.90 Å². The lowest BCUT2D eigenvalue weighted by Gasteiger charge is -2.02. The third kappa shape index (κ3) is 1.42. The number of rotatable bonds is 2. The number of ether oxygens (including phenoxy) is 2. The monoisotopic (exact) mass is 227 g/mol. The molecule has 0 bridgehead atoms. The number of nitrogens with zero attached hydrogens (tertiary/aromatic N) is 1. The van der Waals surface area contributed by atoms with E-state index in [1.807, 2.05) is 12.1 Å². The molecule has 1 aromatic heterocycles. The van der Waals surface area contributed by atoms with E-state index in [-0.39, 0.29) is 0 Å². The fourth-order valence-corrected chi connectivity index (χ4v) is 2.28. The van der Waals surface area contributed by atoms with E-state index in [2.05, 4.69) is 17.6 Å². The molecule has 14 heavy (non-hydrogen) atoms. The van der Waals surface area contributed by atoms with E-state index in [0.29, 0.717) is 10.9 Å². The smallest absolute Gasteiger partial charge is 0.274 e. The first-order valence-corrected chi connectivity index (χ1v) is 5.23. The van der Waals surface area contributed by atoms with Gasteiger partial charge >= 0.3 is 0 Å². The Balaban J connectivity index is 2.73. The molecule has 0 aliphatic heterocycles. The van der Waals surface area contributed by atoms with Crippen LogP contribution in [0.15, 0.2) is 17.0 Å². The highest BCUT2D eigenvalue weighted by Gasteiger charge is 2.11. The maximum Gasteiger partial charge on any atom is 0.274 e. The molecule has 0 N–H and O–H groups in total. The summed E-state index contributed by atoms with van der Waals surface area (Å²) in [6, 6.07) is 3.85. The lowest BCUT2D eigenvalue weighted by atomic mass is 10.3. The number of hydrogen-bond donors (Lipinski definition) is 1. The summed E-state index contributed by atoms with van der Waals surface area (Å²) in [5.41, 5.74) is 0.807. The van der Waals surface area contributed by atoms with Crippen LogP contribution in [-0.2, 0) is 0 Å². The summed E-state index contributed by atoms with van der Waals surface area (Å²) < 4.78 is 11.3. The Labute approximate surface area is 91.1 Å². The van der Waals surface area contributed by atoms with E-state index in [1.54, 1.807) is 14.2 Å². The summed E-state index contributed by atoms with van der Waals surface area (Å²) in [5.74, 6) is 0.699. The van der Waals surface area contributed by atoms with E-state index in [4.69, 9.17) is 9.47 Å². The minimum atomic E-state index is 0.636. The van der Waals surface area contributed by atoms with E-state index in [9.17, 15) is 0 Å². The highest BCUT2D eigenvalue weighted by molar-refractivity contribution is 7.80. The van der Waals surface area contributed by atoms with Crippen LogP contribution in [0.4, 0.5) is 0 Å². The average molecular weight is 227 g/mol. The van der Waals surface area contributed by atoms with Gasteiger partial charge in [0.25, 0.3) is 5.19 Å². The zero-order chi connectivity index (χ0) is 10.1. The lowest BCUT2D eigenvalue weighted by Crippen LogP contribution is -1.86. The number of thiol groups is 1. The van der Waals surface area contributed by atoms with Gasteiger partial charge in [-0.05, 0) is 12.1 Å². The Morgan fingerprint density at radius 2 is 2.07 bits per heavy atom. The van der Waals surface area contributed by atoms with E-state index in [1.165, 1.54) is 11.3 Å². The summed E-state index contributed by atoms with van der Waals surface area (Å²) >= 11 is 5.78. The molecule has 2 aromatic rings. The minimum absolute atomic E-state index is 0.636. The van der Waals surface area contributed by atoms with Gasteiger partial charge in [0.15, 0.2) is 5.75 Å². The van der Waals surface area contributed by atoms with Crippen molar-refractivity contribution < 1.29 is 9.47 Å². The number of methoxy groups -OCH3 is 2. The Kier molecular flexibility index (Phi) is 2.52. The van der Waals surface area contributed by atoms with Gasteiger partial charge in [-0.2, -0.15) is 4.98 Å². The standard InChI is InChI=1S/C9H9NO2S2/c1-11-8-5(13)3-4-6-7(8)10-9(12-2)14-6/h3-4,13H,1-2H3. The predicted molar refractivity (Wildman–Crippen MR) is 60.0 cm³/mol. The van der Waals surface area contributed by atoms with Crippen LogP contribution in [0.2, 0.25) is 0 Å². The van der Waals surface area contributed by atoms with Gasteiger partial charge in [0.2, 0.25) is 0 Å². The molecule has 0 radical (unpaired) electrons. The normalized spacial score (nSPS) is 10.5. The Morgan fingerprint density at radius 3 is 2.71 bits per heavy atom. The Morgan fingerprint density at radius 1 is 1.29 bits per heavy atom. The predicted octanol–water partition coefficient (Wildman–Crippen LogP) is 2.60. The number of aromatic nitrogens is 1. The molecule has 0 atom stereocenters. The maximum absolute atomic E-state index is 5.23. The molecule has 0 unspecified atom stereocenters. The highest BCUT2D eigenvalue weighted by atomic mass is 32.1. The van der Waals surface area contributed by atoms with E-state index in [0.717, 1.165) is 15.1 Å². The fraction of sp³-hybridized carbons (Fsp3) is 0.222. The zero-order valence-corrected chi connectivity index (χ0v) is 9.48. The minimum Gasteiger partial charge on any atom is -0.493 e. The van der Waals surface area contributed by atoms with Crippen molar-refractivity contribution in [2.75, 3.05) is 14.2 Å². The van der Waals surface area contributed by atoms with E-state index < -0.39 is 0 Å². The molecule has 0 fully saturated rings. The quantitative estimate of drug-likeness (QED) is 0.800. The molecule has 1 heterocycles. The molecule has 0 saturated carbocycles. The summed E-state index contributed by atoms with van der Waals surface area (Å²) in [4.78, 5) is 5.07. The van der Waals surface area contributed by atoms with Gasteiger partial charge in [0.05, 0.1) is 18.9 Å². The molecule has 74 valence electrons. The van der Waals surface area contributed by atoms with Gasteiger partial charge in [-0.25, -0.2) is 0 Å². The summed E-state index contributed by atoms with van der Waals surface area (Å²) in [6.07, 6.45) is 0. The zero-order valence-electron chi connectivity index (χ0n) is 7.77. The van der Waals surface area contributed by atoms with Crippen molar-refractivity contribution in [1.82, 2.24) is 4.98 Å². The van der Waals surface area contributed by atoms with Crippen molar-refractivity contribution in [3.8, 4) is 10.9 Å². The molecule has 0 aliphatic rings. The maximum atomic E-state index is 5.23. The number of benzene rings is 1. The number of hydrogen-bond acceptors (Lipinski definition) is 5. The molecule has 5 heteroatoms. The molecular formula is C9H9NO2S2. The van der Waals surface area contributed by atoms with Crippen molar-refractivity contribution in [1.29, 1.82) is 0 Å². The summed E-state index contributed by atoms with van der Waals surface area (Å²) in [5, 5.41) is 0.636. The van der Waals surface area contributed by atoms with Crippen LogP contribution in [0.1, 0.15) is 0 Å². The Bertz CT molecular complexity index is 467. The third-order valence-electron chi connectivity index (χ3n) is 1.85. The largest absolute Gasteiger partial charge is 0.493 e. The van der Waals surface area contributed by atoms with Crippen molar-refractivity contribution >= 4 is 34.2 Å². The van der Waals surface area contributed by atoms with Crippen LogP contribution >= 0.6 is 24.0 Å². The SMILES string of the molecule is COc1nc2c(OC)c(S)ccc2s1. The van der Waals surface area contributed by atoms with Gasteiger partial charge in [-0.1, -0.05) is 11.3 Å².